The Morgan fingerprint density at radius 1 is 1.00 bits per heavy atom. The molecular formula is C27H37Cl2N3O4S. The molecule has 37 heavy (non-hydrogen) atoms. The smallest absolute Gasteiger partial charge is 0.243 e. The largest absolute Gasteiger partial charge is 0.352 e. The molecule has 0 saturated heterocycles. The van der Waals surface area contributed by atoms with E-state index < -0.39 is 16.1 Å². The number of carbonyl (C=O) groups is 2. The Morgan fingerprint density at radius 3 is 2.27 bits per heavy atom. The van der Waals surface area contributed by atoms with E-state index in [1.807, 2.05) is 51.1 Å². The van der Waals surface area contributed by atoms with Gasteiger partial charge in [0.1, 0.15) is 6.04 Å². The lowest BCUT2D eigenvalue weighted by atomic mass is 10.1. The Bertz CT molecular complexity index is 1150. The van der Waals surface area contributed by atoms with E-state index >= 15 is 0 Å². The summed E-state index contributed by atoms with van der Waals surface area (Å²) in [5.41, 5.74) is 1.33. The van der Waals surface area contributed by atoms with Gasteiger partial charge in [-0.05, 0) is 56.4 Å². The van der Waals surface area contributed by atoms with Crippen LogP contribution in [-0.4, -0.2) is 56.6 Å². The quantitative estimate of drug-likeness (QED) is 0.334. The first kappa shape index (κ1) is 30.9. The van der Waals surface area contributed by atoms with E-state index in [1.54, 1.807) is 11.0 Å². The summed E-state index contributed by atoms with van der Waals surface area (Å²) in [4.78, 5) is 28.1. The molecule has 204 valence electrons. The van der Waals surface area contributed by atoms with Gasteiger partial charge in [-0.15, -0.1) is 0 Å². The van der Waals surface area contributed by atoms with Crippen molar-refractivity contribution in [2.45, 2.75) is 65.0 Å². The van der Waals surface area contributed by atoms with Gasteiger partial charge in [0, 0.05) is 30.6 Å². The molecule has 2 rings (SSSR count). The van der Waals surface area contributed by atoms with E-state index in [4.69, 9.17) is 23.2 Å². The minimum absolute atomic E-state index is 0.00149. The van der Waals surface area contributed by atoms with Crippen molar-refractivity contribution in [1.82, 2.24) is 10.2 Å². The van der Waals surface area contributed by atoms with Gasteiger partial charge in [0.05, 0.1) is 17.0 Å². The summed E-state index contributed by atoms with van der Waals surface area (Å²) >= 11 is 12.3. The molecule has 1 N–H and O–H groups in total. The first-order chi connectivity index (χ1) is 17.5. The van der Waals surface area contributed by atoms with E-state index in [0.717, 1.165) is 22.5 Å². The minimum atomic E-state index is -3.67. The minimum Gasteiger partial charge on any atom is -0.352 e. The maximum atomic E-state index is 13.4. The molecule has 0 aliphatic carbocycles. The number of halogens is 2. The zero-order valence-electron chi connectivity index (χ0n) is 21.9. The van der Waals surface area contributed by atoms with E-state index in [2.05, 4.69) is 5.32 Å². The molecule has 2 aromatic rings. The summed E-state index contributed by atoms with van der Waals surface area (Å²) in [5.74, 6) is -0.380. The lowest BCUT2D eigenvalue weighted by Crippen LogP contribution is -2.51. The van der Waals surface area contributed by atoms with Gasteiger partial charge in [0.25, 0.3) is 0 Å². The Morgan fingerprint density at radius 2 is 1.68 bits per heavy atom. The molecule has 0 unspecified atom stereocenters. The third kappa shape index (κ3) is 9.51. The zero-order chi connectivity index (χ0) is 27.6. The highest BCUT2D eigenvalue weighted by atomic mass is 35.5. The molecular weight excluding hydrogens is 533 g/mol. The fourth-order valence-electron chi connectivity index (χ4n) is 4.00. The van der Waals surface area contributed by atoms with Crippen molar-refractivity contribution in [2.24, 2.45) is 0 Å². The van der Waals surface area contributed by atoms with Crippen molar-refractivity contribution in [3.8, 4) is 0 Å². The predicted molar refractivity (Wildman–Crippen MR) is 152 cm³/mol. The number of hydrogen-bond donors (Lipinski definition) is 1. The van der Waals surface area contributed by atoms with Crippen LogP contribution in [0.1, 0.15) is 52.0 Å². The van der Waals surface area contributed by atoms with Gasteiger partial charge < -0.3 is 10.2 Å². The number of benzene rings is 2. The van der Waals surface area contributed by atoms with Gasteiger partial charge >= 0.3 is 0 Å². The van der Waals surface area contributed by atoms with E-state index in [9.17, 15) is 18.0 Å². The fourth-order valence-corrected chi connectivity index (χ4v) is 5.40. The van der Waals surface area contributed by atoms with Crippen LogP contribution in [0.25, 0.3) is 0 Å². The second-order valence-corrected chi connectivity index (χ2v) is 11.8. The molecule has 0 bridgehead atoms. The summed E-state index contributed by atoms with van der Waals surface area (Å²) in [5, 5.41) is 3.60. The molecule has 10 heteroatoms. The number of nitrogens with zero attached hydrogens (tertiary/aromatic N) is 2. The molecule has 0 fully saturated rings. The number of nitrogens with one attached hydrogen (secondary N) is 1. The first-order valence-corrected chi connectivity index (χ1v) is 15.1. The number of rotatable bonds is 14. The molecule has 2 atom stereocenters. The Hall–Kier alpha value is -2.29. The number of hydrogen-bond acceptors (Lipinski definition) is 4. The highest BCUT2D eigenvalue weighted by Gasteiger charge is 2.29. The average molecular weight is 571 g/mol. The molecule has 0 saturated carbocycles. The normalized spacial score (nSPS) is 13.0. The SMILES string of the molecule is CC[C@H](C)NC(=O)[C@H](CC)N(CCc1ccccc1)C(=O)CCCN(c1cc(Cl)ccc1Cl)S(C)(=O)=O. The van der Waals surface area contributed by atoms with Crippen LogP contribution in [0.3, 0.4) is 0 Å². The number of anilines is 1. The van der Waals surface area contributed by atoms with E-state index in [0.29, 0.717) is 24.4 Å². The molecule has 0 aliphatic heterocycles. The summed E-state index contributed by atoms with van der Waals surface area (Å²) < 4.78 is 26.2. The second-order valence-electron chi connectivity index (χ2n) is 9.10. The summed E-state index contributed by atoms with van der Waals surface area (Å²) in [6, 6.07) is 13.8. The molecule has 0 spiro atoms. The maximum Gasteiger partial charge on any atom is 0.243 e. The molecule has 0 aliphatic rings. The van der Waals surface area contributed by atoms with Gasteiger partial charge in [0.15, 0.2) is 0 Å². The Kier molecular flexibility index (Phi) is 12.2. The van der Waals surface area contributed by atoms with Crippen LogP contribution in [0.4, 0.5) is 5.69 Å². The Balaban J connectivity index is 2.20. The van der Waals surface area contributed by atoms with Gasteiger partial charge in [-0.3, -0.25) is 13.9 Å². The number of carbonyl (C=O) groups excluding carboxylic acids is 2. The highest BCUT2D eigenvalue weighted by molar-refractivity contribution is 7.92. The van der Waals surface area contributed by atoms with Crippen LogP contribution >= 0.6 is 23.2 Å². The van der Waals surface area contributed by atoms with Crippen molar-refractivity contribution >= 4 is 50.7 Å². The van der Waals surface area contributed by atoms with Crippen LogP contribution in [0.15, 0.2) is 48.5 Å². The Labute approximate surface area is 231 Å². The molecule has 0 radical (unpaired) electrons. The van der Waals surface area contributed by atoms with E-state index in [-0.39, 0.29) is 48.0 Å². The van der Waals surface area contributed by atoms with Crippen molar-refractivity contribution in [2.75, 3.05) is 23.7 Å². The third-order valence-electron chi connectivity index (χ3n) is 6.20. The van der Waals surface area contributed by atoms with Crippen LogP contribution in [-0.2, 0) is 26.0 Å². The van der Waals surface area contributed by atoms with Crippen LogP contribution in [0.5, 0.6) is 0 Å². The maximum absolute atomic E-state index is 13.4. The van der Waals surface area contributed by atoms with Gasteiger partial charge in [0.2, 0.25) is 21.8 Å². The second kappa shape index (κ2) is 14.6. The third-order valence-corrected chi connectivity index (χ3v) is 7.93. The van der Waals surface area contributed by atoms with Gasteiger partial charge in [-0.25, -0.2) is 8.42 Å². The van der Waals surface area contributed by atoms with Gasteiger partial charge in [-0.1, -0.05) is 67.4 Å². The first-order valence-electron chi connectivity index (χ1n) is 12.5. The van der Waals surface area contributed by atoms with Crippen LogP contribution in [0.2, 0.25) is 10.0 Å². The molecule has 2 amide bonds. The average Bonchev–Trinajstić information content (AvgIpc) is 2.85. The fraction of sp³-hybridized carbons (Fsp3) is 0.481. The predicted octanol–water partition coefficient (Wildman–Crippen LogP) is 5.30. The standard InChI is InChI=1S/C27H37Cl2N3O4S/c1-5-20(3)30-27(34)24(6-2)31(18-16-21-11-8-7-9-12-21)26(33)13-10-17-32(37(4,35)36)25-19-22(28)14-15-23(25)29/h7-9,11-12,14-15,19-20,24H,5-6,10,13,16-18H2,1-4H3,(H,30,34)/t20-,24-/m0/s1. The highest BCUT2D eigenvalue weighted by Crippen LogP contribution is 2.31. The van der Waals surface area contributed by atoms with Crippen molar-refractivity contribution < 1.29 is 18.0 Å². The van der Waals surface area contributed by atoms with Crippen LogP contribution in [0, 0.1) is 0 Å². The van der Waals surface area contributed by atoms with Crippen LogP contribution < -0.4 is 9.62 Å². The summed E-state index contributed by atoms with van der Waals surface area (Å²) in [7, 11) is -3.67. The van der Waals surface area contributed by atoms with Crippen molar-refractivity contribution in [3.05, 3.63) is 64.1 Å². The number of sulfonamides is 1. The summed E-state index contributed by atoms with van der Waals surface area (Å²) in [6.07, 6.45) is 3.27. The topological polar surface area (TPSA) is 86.8 Å². The lowest BCUT2D eigenvalue weighted by Gasteiger charge is -2.32. The molecule has 0 heterocycles. The number of amides is 2. The molecule has 7 nitrogen and oxygen atoms in total. The molecule has 0 aromatic heterocycles. The summed E-state index contributed by atoms with van der Waals surface area (Å²) in [6.45, 7) is 6.24. The zero-order valence-corrected chi connectivity index (χ0v) is 24.2. The lowest BCUT2D eigenvalue weighted by molar-refractivity contribution is -0.141. The van der Waals surface area contributed by atoms with E-state index in [1.165, 1.54) is 12.1 Å². The molecule has 2 aromatic carbocycles. The van der Waals surface area contributed by atoms with Crippen molar-refractivity contribution in [3.63, 3.8) is 0 Å². The van der Waals surface area contributed by atoms with Crippen molar-refractivity contribution in [1.29, 1.82) is 0 Å². The monoisotopic (exact) mass is 569 g/mol. The van der Waals surface area contributed by atoms with Gasteiger partial charge in [-0.2, -0.15) is 0 Å².